The zero-order chi connectivity index (χ0) is 14.0. The molecule has 6 heteroatoms. The largest absolute Gasteiger partial charge is 0.384 e. The molecule has 1 aromatic heterocycles. The molecular formula is C13H15N3OS2. The molecule has 1 amide bonds. The molecule has 0 atom stereocenters. The predicted molar refractivity (Wildman–Crippen MR) is 82.4 cm³/mol. The van der Waals surface area contributed by atoms with E-state index in [0.29, 0.717) is 21.2 Å². The van der Waals surface area contributed by atoms with Crippen molar-refractivity contribution in [3.8, 4) is 0 Å². The SMILES string of the molecule is CCn1c(N)c(C(=O)Nc2cccc(C)c2)sc1=S. The number of nitrogens with one attached hydrogen (secondary N) is 1. The fourth-order valence-electron chi connectivity index (χ4n) is 1.79. The van der Waals surface area contributed by atoms with E-state index in [1.54, 1.807) is 4.57 Å². The van der Waals surface area contributed by atoms with E-state index < -0.39 is 0 Å². The molecule has 0 saturated carbocycles. The maximum Gasteiger partial charge on any atom is 0.269 e. The van der Waals surface area contributed by atoms with Crippen LogP contribution in [-0.2, 0) is 6.54 Å². The maximum atomic E-state index is 12.2. The monoisotopic (exact) mass is 293 g/mol. The summed E-state index contributed by atoms with van der Waals surface area (Å²) in [5.74, 6) is 0.217. The highest BCUT2D eigenvalue weighted by molar-refractivity contribution is 7.73. The van der Waals surface area contributed by atoms with Crippen LogP contribution in [0.4, 0.5) is 11.5 Å². The smallest absolute Gasteiger partial charge is 0.269 e. The summed E-state index contributed by atoms with van der Waals surface area (Å²) >= 11 is 6.42. The van der Waals surface area contributed by atoms with Gasteiger partial charge in [0.2, 0.25) is 0 Å². The van der Waals surface area contributed by atoms with Gasteiger partial charge >= 0.3 is 0 Å². The first kappa shape index (κ1) is 13.8. The van der Waals surface area contributed by atoms with Crippen LogP contribution in [0.3, 0.4) is 0 Å². The lowest BCUT2D eigenvalue weighted by molar-refractivity contribution is 0.103. The van der Waals surface area contributed by atoms with Gasteiger partial charge in [0.15, 0.2) is 3.95 Å². The molecular weight excluding hydrogens is 278 g/mol. The second-order valence-electron chi connectivity index (χ2n) is 4.15. The van der Waals surface area contributed by atoms with Crippen LogP contribution < -0.4 is 11.1 Å². The van der Waals surface area contributed by atoms with Crippen molar-refractivity contribution >= 4 is 41.0 Å². The van der Waals surface area contributed by atoms with Crippen LogP contribution in [0.5, 0.6) is 0 Å². The van der Waals surface area contributed by atoms with Crippen LogP contribution >= 0.6 is 23.6 Å². The molecule has 0 aliphatic carbocycles. The lowest BCUT2D eigenvalue weighted by Gasteiger charge is -2.06. The van der Waals surface area contributed by atoms with Gasteiger partial charge in [-0.3, -0.25) is 4.79 Å². The Bertz CT molecular complexity index is 673. The van der Waals surface area contributed by atoms with Crippen LogP contribution in [-0.4, -0.2) is 10.5 Å². The molecule has 0 saturated heterocycles. The highest BCUT2D eigenvalue weighted by atomic mass is 32.1. The molecule has 0 spiro atoms. The summed E-state index contributed by atoms with van der Waals surface area (Å²) in [6.45, 7) is 4.58. The molecule has 0 aliphatic heterocycles. The molecule has 2 aromatic rings. The number of nitrogen functional groups attached to an aromatic ring is 1. The molecule has 19 heavy (non-hydrogen) atoms. The second kappa shape index (κ2) is 5.54. The van der Waals surface area contributed by atoms with Crippen LogP contribution in [0.2, 0.25) is 0 Å². The zero-order valence-electron chi connectivity index (χ0n) is 10.8. The van der Waals surface area contributed by atoms with Gasteiger partial charge in [0.1, 0.15) is 10.7 Å². The number of hydrogen-bond donors (Lipinski definition) is 2. The summed E-state index contributed by atoms with van der Waals surface area (Å²) < 4.78 is 2.37. The molecule has 4 nitrogen and oxygen atoms in total. The van der Waals surface area contributed by atoms with Crippen molar-refractivity contribution in [1.29, 1.82) is 0 Å². The fourth-order valence-corrected chi connectivity index (χ4v) is 3.14. The normalized spacial score (nSPS) is 10.4. The topological polar surface area (TPSA) is 60.0 Å². The van der Waals surface area contributed by atoms with Gasteiger partial charge in [-0.05, 0) is 43.8 Å². The summed E-state index contributed by atoms with van der Waals surface area (Å²) in [6, 6.07) is 7.62. The third-order valence-electron chi connectivity index (χ3n) is 2.73. The number of aryl methyl sites for hydroxylation is 1. The Morgan fingerprint density at radius 3 is 2.84 bits per heavy atom. The number of aromatic nitrogens is 1. The average Bonchev–Trinajstić information content (AvgIpc) is 2.64. The Kier molecular flexibility index (Phi) is 4.01. The van der Waals surface area contributed by atoms with Crippen molar-refractivity contribution in [2.75, 3.05) is 11.1 Å². The van der Waals surface area contributed by atoms with Crippen molar-refractivity contribution in [2.24, 2.45) is 0 Å². The molecule has 100 valence electrons. The third-order valence-corrected chi connectivity index (χ3v) is 4.20. The predicted octanol–water partition coefficient (Wildman–Crippen LogP) is 3.44. The average molecular weight is 293 g/mol. The second-order valence-corrected chi connectivity index (χ2v) is 5.79. The van der Waals surface area contributed by atoms with Gasteiger partial charge in [-0.25, -0.2) is 0 Å². The maximum absolute atomic E-state index is 12.2. The summed E-state index contributed by atoms with van der Waals surface area (Å²) in [7, 11) is 0. The minimum absolute atomic E-state index is 0.216. The summed E-state index contributed by atoms with van der Waals surface area (Å²) in [6.07, 6.45) is 0. The van der Waals surface area contributed by atoms with E-state index in [0.717, 1.165) is 11.3 Å². The number of rotatable bonds is 3. The van der Waals surface area contributed by atoms with Crippen LogP contribution in [0.25, 0.3) is 0 Å². The molecule has 1 aromatic carbocycles. The first-order valence-corrected chi connectivity index (χ1v) is 7.12. The number of hydrogen-bond acceptors (Lipinski definition) is 4. The van der Waals surface area contributed by atoms with E-state index >= 15 is 0 Å². The van der Waals surface area contributed by atoms with Crippen molar-refractivity contribution < 1.29 is 4.79 Å². The number of benzene rings is 1. The molecule has 0 fully saturated rings. The lowest BCUT2D eigenvalue weighted by atomic mass is 10.2. The fraction of sp³-hybridized carbons (Fsp3) is 0.231. The minimum Gasteiger partial charge on any atom is -0.384 e. The van der Waals surface area contributed by atoms with Gasteiger partial charge in [0, 0.05) is 12.2 Å². The first-order chi connectivity index (χ1) is 9.02. The van der Waals surface area contributed by atoms with E-state index in [9.17, 15) is 4.79 Å². The molecule has 3 N–H and O–H groups in total. The molecule has 2 rings (SSSR count). The van der Waals surface area contributed by atoms with Gasteiger partial charge < -0.3 is 15.6 Å². The van der Waals surface area contributed by atoms with Gasteiger partial charge in [-0.2, -0.15) is 0 Å². The number of carbonyl (C=O) groups is 1. The molecule has 0 unspecified atom stereocenters. The van der Waals surface area contributed by atoms with E-state index in [2.05, 4.69) is 5.32 Å². The molecule has 0 aliphatic rings. The number of amides is 1. The third kappa shape index (κ3) is 2.85. The van der Waals surface area contributed by atoms with E-state index in [1.165, 1.54) is 11.3 Å². The van der Waals surface area contributed by atoms with Crippen LogP contribution in [0.15, 0.2) is 24.3 Å². The number of thiazole rings is 1. The van der Waals surface area contributed by atoms with E-state index in [4.69, 9.17) is 18.0 Å². The van der Waals surface area contributed by atoms with Crippen LogP contribution in [0, 0.1) is 10.9 Å². The Morgan fingerprint density at radius 1 is 1.53 bits per heavy atom. The molecule has 0 bridgehead atoms. The minimum atomic E-state index is -0.216. The lowest BCUT2D eigenvalue weighted by Crippen LogP contribution is -2.13. The summed E-state index contributed by atoms with van der Waals surface area (Å²) in [4.78, 5) is 12.7. The van der Waals surface area contributed by atoms with E-state index in [1.807, 2.05) is 38.1 Å². The van der Waals surface area contributed by atoms with Gasteiger partial charge in [-0.15, -0.1) is 0 Å². The number of nitrogens with two attached hydrogens (primary N) is 1. The Balaban J connectivity index is 2.28. The summed E-state index contributed by atoms with van der Waals surface area (Å²) in [5, 5.41) is 2.84. The Hall–Kier alpha value is -1.66. The van der Waals surface area contributed by atoms with E-state index in [-0.39, 0.29) is 5.91 Å². The number of carbonyl (C=O) groups excluding carboxylic acids is 1. The van der Waals surface area contributed by atoms with Gasteiger partial charge in [0.05, 0.1) is 0 Å². The standard InChI is InChI=1S/C13H15N3OS2/c1-3-16-11(14)10(19-13(16)18)12(17)15-9-6-4-5-8(2)7-9/h4-7H,3,14H2,1-2H3,(H,15,17). The number of nitrogens with zero attached hydrogens (tertiary/aromatic N) is 1. The quantitative estimate of drug-likeness (QED) is 0.852. The Morgan fingerprint density at radius 2 is 2.26 bits per heavy atom. The molecule has 0 radical (unpaired) electrons. The van der Waals surface area contributed by atoms with Gasteiger partial charge in [0.25, 0.3) is 5.91 Å². The van der Waals surface area contributed by atoms with Crippen molar-refractivity contribution in [2.45, 2.75) is 20.4 Å². The van der Waals surface area contributed by atoms with Gasteiger partial charge in [-0.1, -0.05) is 23.5 Å². The van der Waals surface area contributed by atoms with Crippen molar-refractivity contribution in [3.63, 3.8) is 0 Å². The highest BCUT2D eigenvalue weighted by Gasteiger charge is 2.16. The van der Waals surface area contributed by atoms with Crippen molar-refractivity contribution in [1.82, 2.24) is 4.57 Å². The first-order valence-electron chi connectivity index (χ1n) is 5.90. The Labute approximate surface area is 120 Å². The highest BCUT2D eigenvalue weighted by Crippen LogP contribution is 2.23. The molecule has 1 heterocycles. The number of anilines is 2. The summed E-state index contributed by atoms with van der Waals surface area (Å²) in [5.41, 5.74) is 7.79. The zero-order valence-corrected chi connectivity index (χ0v) is 12.4. The van der Waals surface area contributed by atoms with Crippen LogP contribution in [0.1, 0.15) is 22.2 Å². The van der Waals surface area contributed by atoms with Crippen molar-refractivity contribution in [3.05, 3.63) is 38.7 Å².